The number of thioether (sulfide) groups is 1. The average Bonchev–Trinajstić information content (AvgIpc) is 1.96. The summed E-state index contributed by atoms with van der Waals surface area (Å²) in [6, 6.07) is 0. The first-order chi connectivity index (χ1) is 6.55. The van der Waals surface area contributed by atoms with Gasteiger partial charge in [0.25, 0.3) is 0 Å². The van der Waals surface area contributed by atoms with Gasteiger partial charge in [-0.05, 0) is 18.0 Å². The molecule has 16 heavy (non-hydrogen) atoms. The quantitative estimate of drug-likeness (QED) is 0.214. The van der Waals surface area contributed by atoms with E-state index in [2.05, 4.69) is 0 Å². The van der Waals surface area contributed by atoms with Crippen molar-refractivity contribution < 1.29 is 54.9 Å². The molecule has 0 rings (SSSR count). The number of hydrogen-bond acceptors (Lipinski definition) is 1. The van der Waals surface area contributed by atoms with Gasteiger partial charge < -0.3 is 24.0 Å². The highest BCUT2D eigenvalue weighted by atomic mass is 127. The van der Waals surface area contributed by atoms with Crippen molar-refractivity contribution in [3.05, 3.63) is 0 Å². The van der Waals surface area contributed by atoms with E-state index >= 15 is 0 Å². The van der Waals surface area contributed by atoms with Gasteiger partial charge in [0.05, 0.1) is 0 Å². The lowest BCUT2D eigenvalue weighted by Gasteiger charge is -2.13. The molecule has 0 aliphatic rings. The molecule has 98 valence electrons. The maximum absolute atomic E-state index is 11.9. The van der Waals surface area contributed by atoms with Crippen molar-refractivity contribution in [3.63, 3.8) is 0 Å². The fraction of sp³-hybridized carbons (Fsp3) is 0.833. The third-order valence-corrected chi connectivity index (χ3v) is 1.94. The molecule has 0 aromatic carbocycles. The van der Waals surface area contributed by atoms with Gasteiger partial charge in [0.15, 0.2) is 13.1 Å². The van der Waals surface area contributed by atoms with Crippen molar-refractivity contribution in [2.75, 3.05) is 19.3 Å². The molecular weight excluding hydrogens is 373 g/mol. The van der Waals surface area contributed by atoms with Crippen molar-refractivity contribution in [1.82, 2.24) is 0 Å². The van der Waals surface area contributed by atoms with E-state index in [-0.39, 0.29) is 28.6 Å². The van der Waals surface area contributed by atoms with Crippen LogP contribution in [-0.2, 0) is 0 Å². The molecule has 0 saturated heterocycles. The maximum Gasteiger partial charge on any atom is 0.425 e. The maximum atomic E-state index is 11.9. The van der Waals surface area contributed by atoms with Crippen LogP contribution in [0.2, 0.25) is 0 Å². The predicted molar refractivity (Wildman–Crippen MR) is 44.8 cm³/mol. The van der Waals surface area contributed by atoms with E-state index in [1.54, 1.807) is 0 Å². The molecule has 10 heteroatoms. The Kier molecular flexibility index (Phi) is 7.82. The van der Waals surface area contributed by atoms with Crippen molar-refractivity contribution in [1.29, 1.82) is 0 Å². The minimum atomic E-state index is -4.72. The molecule has 0 spiro atoms. The van der Waals surface area contributed by atoms with Crippen LogP contribution in [0.5, 0.6) is 0 Å². The molecule has 0 unspecified atom stereocenters. The van der Waals surface area contributed by atoms with Gasteiger partial charge in [0.2, 0.25) is 0 Å². The number of nitrogens with zero attached hydrogens (tertiary/aromatic N) is 1. The van der Waals surface area contributed by atoms with Crippen molar-refractivity contribution in [3.8, 4) is 0 Å². The van der Waals surface area contributed by atoms with Gasteiger partial charge in [-0.2, -0.15) is 26.3 Å². The van der Waals surface area contributed by atoms with E-state index < -0.39 is 30.6 Å². The van der Waals surface area contributed by atoms with Crippen LogP contribution in [0.3, 0.4) is 0 Å². The second kappa shape index (κ2) is 6.77. The first-order valence-corrected chi connectivity index (χ1v) is 4.82. The Labute approximate surface area is 109 Å². The second-order valence-corrected chi connectivity index (χ2v) is 3.46. The van der Waals surface area contributed by atoms with Crippen LogP contribution in [0, 0.1) is 0 Å². The first-order valence-electron chi connectivity index (χ1n) is 3.60. The Morgan fingerprint density at radius 3 is 1.56 bits per heavy atom. The third-order valence-electron chi connectivity index (χ3n) is 1.26. The lowest BCUT2D eigenvalue weighted by Crippen LogP contribution is -3.00. The van der Waals surface area contributed by atoms with Gasteiger partial charge in [-0.3, -0.25) is 5.73 Å². The molecule has 0 aromatic rings. The normalized spacial score (nSPS) is 11.9. The van der Waals surface area contributed by atoms with Gasteiger partial charge in [-0.1, -0.05) is 0 Å². The van der Waals surface area contributed by atoms with Gasteiger partial charge in [-0.15, -0.1) is 0 Å². The van der Waals surface area contributed by atoms with Crippen molar-refractivity contribution in [2.45, 2.75) is 12.4 Å². The van der Waals surface area contributed by atoms with Crippen LogP contribution in [0.4, 0.5) is 26.3 Å². The summed E-state index contributed by atoms with van der Waals surface area (Å²) in [6.07, 6.45) is -8.13. The summed E-state index contributed by atoms with van der Waals surface area (Å²) in [5.41, 5.74) is 5.04. The Morgan fingerprint density at radius 1 is 1.06 bits per heavy atom. The minimum absolute atomic E-state index is 0. The summed E-state index contributed by atoms with van der Waals surface area (Å²) in [7, 11) is 0. The predicted octanol–water partition coefficient (Wildman–Crippen LogP) is -1.19. The second-order valence-electron chi connectivity index (χ2n) is 2.63. The van der Waals surface area contributed by atoms with E-state index in [4.69, 9.17) is 5.73 Å². The van der Waals surface area contributed by atoms with Crippen molar-refractivity contribution in [2.24, 2.45) is 5.73 Å². The summed E-state index contributed by atoms with van der Waals surface area (Å²) in [5, 5.41) is -0.510. The highest BCUT2D eigenvalue weighted by Gasteiger charge is 2.39. The summed E-state index contributed by atoms with van der Waals surface area (Å²) in [5.74, 6) is 0. The standard InChI is InChI=1S/C6H8F6N2S.HI/c1-15-4(13)14(2-5(7,8)9)3-6(10,11)12;/h13H,2-3H2,1H3;1H. The molecule has 0 fully saturated rings. The molecule has 2 nitrogen and oxygen atoms in total. The van der Waals surface area contributed by atoms with Gasteiger partial charge >= 0.3 is 17.5 Å². The first kappa shape index (κ1) is 18.5. The smallest absolute Gasteiger partial charge is 0.425 e. The van der Waals surface area contributed by atoms with Crippen molar-refractivity contribution >= 4 is 16.9 Å². The number of rotatable bonds is 2. The molecule has 0 atom stereocenters. The van der Waals surface area contributed by atoms with E-state index in [1.165, 1.54) is 6.26 Å². The molecule has 0 amide bonds. The van der Waals surface area contributed by atoms with Gasteiger partial charge in [-0.25, -0.2) is 4.58 Å². The molecule has 0 radical (unpaired) electrons. The zero-order valence-electron chi connectivity index (χ0n) is 7.99. The number of nitrogens with two attached hydrogens (primary N) is 1. The Morgan fingerprint density at radius 2 is 1.38 bits per heavy atom. The molecule has 0 bridgehead atoms. The fourth-order valence-electron chi connectivity index (χ4n) is 0.774. The van der Waals surface area contributed by atoms with Gasteiger partial charge in [0, 0.05) is 0 Å². The monoisotopic (exact) mass is 382 g/mol. The number of halogens is 7. The van der Waals surface area contributed by atoms with E-state index in [0.717, 1.165) is 0 Å². The lowest BCUT2D eigenvalue weighted by molar-refractivity contribution is -0.582. The number of alkyl halides is 6. The largest absolute Gasteiger partial charge is 1.00 e. The summed E-state index contributed by atoms with van der Waals surface area (Å²) >= 11 is 0.635. The fourth-order valence-corrected chi connectivity index (χ4v) is 1.16. The zero-order valence-corrected chi connectivity index (χ0v) is 11.0. The topological polar surface area (TPSA) is 29.0 Å². The minimum Gasteiger partial charge on any atom is -1.00 e. The molecular formula is C6H9F6IN2S. The van der Waals surface area contributed by atoms with E-state index in [0.29, 0.717) is 11.8 Å². The summed E-state index contributed by atoms with van der Waals surface area (Å²) in [6.45, 7) is -3.42. The molecule has 2 N–H and O–H groups in total. The molecule has 0 aromatic heterocycles. The van der Waals surface area contributed by atoms with E-state index in [1.807, 2.05) is 0 Å². The van der Waals surface area contributed by atoms with Crippen LogP contribution in [0.25, 0.3) is 0 Å². The third kappa shape index (κ3) is 9.36. The number of hydrogen-bond donors (Lipinski definition) is 1. The summed E-state index contributed by atoms with van der Waals surface area (Å²) < 4.78 is 71.4. The highest BCUT2D eigenvalue weighted by molar-refractivity contribution is 8.12. The Balaban J connectivity index is 0. The summed E-state index contributed by atoms with van der Waals surface area (Å²) in [4.78, 5) is 0. The van der Waals surface area contributed by atoms with Crippen LogP contribution < -0.4 is 29.7 Å². The molecule has 0 saturated carbocycles. The van der Waals surface area contributed by atoms with Crippen LogP contribution in [-0.4, -0.2) is 41.4 Å². The van der Waals surface area contributed by atoms with Crippen LogP contribution >= 0.6 is 11.8 Å². The zero-order chi connectivity index (χ0) is 12.3. The van der Waals surface area contributed by atoms with Crippen LogP contribution in [0.15, 0.2) is 0 Å². The van der Waals surface area contributed by atoms with Gasteiger partial charge in [0.1, 0.15) is 0 Å². The van der Waals surface area contributed by atoms with Crippen LogP contribution in [0.1, 0.15) is 0 Å². The molecule has 0 aliphatic heterocycles. The molecule has 0 aliphatic carbocycles. The SMILES string of the molecule is CSC(N)=[N+](CC(F)(F)F)CC(F)(F)F.[I-]. The average molecular weight is 382 g/mol. The Bertz CT molecular complexity index is 230. The highest BCUT2D eigenvalue weighted by Crippen LogP contribution is 2.19. The lowest BCUT2D eigenvalue weighted by atomic mass is 10.5. The Hall–Kier alpha value is 0.130. The van der Waals surface area contributed by atoms with E-state index in [9.17, 15) is 26.3 Å². The number of amidine groups is 1. The molecule has 0 heterocycles.